The second kappa shape index (κ2) is 10.9. The molecule has 2 aliphatic carbocycles. The maximum atomic E-state index is 7.15. The molecule has 4 heteroatoms. The molecule has 2 atom stereocenters. The normalized spacial score (nSPS) is 18.6. The summed E-state index contributed by atoms with van der Waals surface area (Å²) in [6, 6.07) is 41.0. The molecule has 4 nitrogen and oxygen atoms in total. The molecule has 0 radical (unpaired) electrons. The van der Waals surface area contributed by atoms with Crippen molar-refractivity contribution < 1.29 is 9.15 Å². The van der Waals surface area contributed by atoms with Gasteiger partial charge in [-0.05, 0) is 58.9 Å². The second-order valence-electron chi connectivity index (χ2n) is 14.2. The van der Waals surface area contributed by atoms with Gasteiger partial charge in [-0.1, -0.05) is 122 Å². The molecular formula is C46H34N2O2. The van der Waals surface area contributed by atoms with Gasteiger partial charge in [0.25, 0.3) is 0 Å². The summed E-state index contributed by atoms with van der Waals surface area (Å²) in [6.07, 6.45) is 10.4. The van der Waals surface area contributed by atoms with E-state index in [-0.39, 0.29) is 12.0 Å². The molecule has 2 unspecified atom stereocenters. The predicted molar refractivity (Wildman–Crippen MR) is 203 cm³/mol. The third-order valence-electron chi connectivity index (χ3n) is 11.5. The Balaban J connectivity index is 1.07. The van der Waals surface area contributed by atoms with Gasteiger partial charge in [-0.15, -0.1) is 0 Å². The van der Waals surface area contributed by atoms with E-state index in [1.165, 1.54) is 59.6 Å². The molecule has 0 spiro atoms. The van der Waals surface area contributed by atoms with Crippen LogP contribution in [0.2, 0.25) is 0 Å². The fourth-order valence-electron chi connectivity index (χ4n) is 9.14. The number of fused-ring (bicyclic) bond motifs is 13. The Morgan fingerprint density at radius 2 is 1.28 bits per heavy atom. The van der Waals surface area contributed by atoms with E-state index in [1.807, 2.05) is 6.20 Å². The summed E-state index contributed by atoms with van der Waals surface area (Å²) in [6.45, 7) is 0. The van der Waals surface area contributed by atoms with Crippen LogP contribution in [0.1, 0.15) is 72.0 Å². The van der Waals surface area contributed by atoms with Crippen molar-refractivity contribution >= 4 is 55.2 Å². The second-order valence-corrected chi connectivity index (χ2v) is 14.2. The van der Waals surface area contributed by atoms with Gasteiger partial charge >= 0.3 is 0 Å². The molecule has 1 fully saturated rings. The van der Waals surface area contributed by atoms with Crippen molar-refractivity contribution in [2.45, 2.75) is 50.0 Å². The van der Waals surface area contributed by atoms with Crippen molar-refractivity contribution in [3.8, 4) is 17.0 Å². The lowest BCUT2D eigenvalue weighted by Gasteiger charge is -2.26. The van der Waals surface area contributed by atoms with Gasteiger partial charge in [0.2, 0.25) is 0 Å². The van der Waals surface area contributed by atoms with E-state index in [0.717, 1.165) is 66.7 Å². The van der Waals surface area contributed by atoms with E-state index < -0.39 is 0 Å². The molecule has 8 aromatic rings. The minimum absolute atomic E-state index is 0.0142. The largest absolute Gasteiger partial charge is 0.484 e. The van der Waals surface area contributed by atoms with Gasteiger partial charge in [-0.3, -0.25) is 4.98 Å². The quantitative estimate of drug-likeness (QED) is 0.179. The number of aromatic nitrogens is 2. The Hall–Kier alpha value is -5.74. The van der Waals surface area contributed by atoms with Crippen LogP contribution in [0.3, 0.4) is 0 Å². The predicted octanol–water partition coefficient (Wildman–Crippen LogP) is 11.8. The average Bonchev–Trinajstić information content (AvgIpc) is 3.77. The van der Waals surface area contributed by atoms with E-state index in [0.29, 0.717) is 5.92 Å². The first-order chi connectivity index (χ1) is 24.8. The van der Waals surface area contributed by atoms with Crippen LogP contribution >= 0.6 is 0 Å². The maximum absolute atomic E-state index is 7.15. The average molecular weight is 647 g/mol. The fraction of sp³-hybridized carbons (Fsp3) is 0.174. The van der Waals surface area contributed by atoms with Crippen LogP contribution in [0, 0.1) is 0 Å². The Bertz CT molecular complexity index is 2660. The third kappa shape index (κ3) is 4.11. The highest BCUT2D eigenvalue weighted by Gasteiger charge is 2.46. The molecule has 240 valence electrons. The summed E-state index contributed by atoms with van der Waals surface area (Å²) >= 11 is 0. The lowest BCUT2D eigenvalue weighted by molar-refractivity contribution is 0.261. The van der Waals surface area contributed by atoms with Crippen LogP contribution < -0.4 is 4.74 Å². The van der Waals surface area contributed by atoms with Crippen molar-refractivity contribution in [3.63, 3.8) is 0 Å². The van der Waals surface area contributed by atoms with E-state index in [1.54, 1.807) is 0 Å². The van der Waals surface area contributed by atoms with Gasteiger partial charge in [0.1, 0.15) is 23.2 Å². The van der Waals surface area contributed by atoms with Crippen LogP contribution in [0.5, 0.6) is 5.75 Å². The number of hydrogen-bond acceptors (Lipinski definition) is 4. The molecule has 6 aromatic carbocycles. The number of furan rings is 1. The Morgan fingerprint density at radius 3 is 2.10 bits per heavy atom. The summed E-state index contributed by atoms with van der Waals surface area (Å²) in [5.74, 6) is 2.61. The van der Waals surface area contributed by atoms with Crippen LogP contribution in [-0.4, -0.2) is 16.1 Å². The smallest absolute Gasteiger partial charge is 0.138 e. The van der Waals surface area contributed by atoms with Crippen molar-refractivity contribution in [3.05, 3.63) is 149 Å². The molecule has 50 heavy (non-hydrogen) atoms. The standard InChI is InChI=1S/C46H34N2O2/c1-2-12-27(13-3-1)30-21-11-22-36-41-45(50-44(30)36)37(25-38-33-18-8-9-23-40(33)49-46(38)41)28-14-10-15-29(24-28)39-26-47-42-34-19-6-4-16-31(34)32-17-5-7-20-35(32)43(42)48-39/h4-11,14-27,41,45H,1-3,12-13H2. The molecule has 1 aliphatic heterocycles. The van der Waals surface area contributed by atoms with Crippen molar-refractivity contribution in [1.82, 2.24) is 9.97 Å². The first kappa shape index (κ1) is 28.1. The lowest BCUT2D eigenvalue weighted by atomic mass is 9.78. The van der Waals surface area contributed by atoms with Crippen LogP contribution in [-0.2, 0) is 0 Å². The molecule has 0 bridgehead atoms. The number of para-hydroxylation sites is 2. The SMILES string of the molecule is C1=C(c2cccc(-c3cnc4c5ccccc5c5ccccc5c4n3)c2)C2Oc3c(C4CCCCC4)cccc3C2c2oc3ccccc3c21. The van der Waals surface area contributed by atoms with Gasteiger partial charge in [-0.2, -0.15) is 0 Å². The maximum Gasteiger partial charge on any atom is 0.138 e. The zero-order chi connectivity index (χ0) is 32.8. The molecule has 0 saturated heterocycles. The van der Waals surface area contributed by atoms with Gasteiger partial charge in [-0.25, -0.2) is 4.98 Å². The minimum atomic E-state index is -0.184. The topological polar surface area (TPSA) is 48.2 Å². The first-order valence-corrected chi connectivity index (χ1v) is 18.0. The van der Waals surface area contributed by atoms with Gasteiger partial charge in [0, 0.05) is 38.4 Å². The Labute approximate surface area is 290 Å². The first-order valence-electron chi connectivity index (χ1n) is 18.0. The zero-order valence-electron chi connectivity index (χ0n) is 27.6. The highest BCUT2D eigenvalue weighted by atomic mass is 16.5. The highest BCUT2D eigenvalue weighted by molar-refractivity contribution is 6.23. The monoisotopic (exact) mass is 646 g/mol. The van der Waals surface area contributed by atoms with Crippen LogP contribution in [0.25, 0.3) is 66.5 Å². The summed E-state index contributed by atoms with van der Waals surface area (Å²) in [5.41, 5.74) is 10.8. The van der Waals surface area contributed by atoms with Gasteiger partial charge in [0.15, 0.2) is 0 Å². The van der Waals surface area contributed by atoms with E-state index >= 15 is 0 Å². The summed E-state index contributed by atoms with van der Waals surface area (Å²) < 4.78 is 13.8. The molecule has 3 heterocycles. The minimum Gasteiger partial charge on any atom is -0.484 e. The summed E-state index contributed by atoms with van der Waals surface area (Å²) in [7, 11) is 0. The van der Waals surface area contributed by atoms with Crippen molar-refractivity contribution in [1.29, 1.82) is 0 Å². The van der Waals surface area contributed by atoms with Crippen molar-refractivity contribution in [2.24, 2.45) is 0 Å². The zero-order valence-corrected chi connectivity index (χ0v) is 27.6. The summed E-state index contributed by atoms with van der Waals surface area (Å²) in [4.78, 5) is 10.4. The van der Waals surface area contributed by atoms with E-state index in [4.69, 9.17) is 19.1 Å². The lowest BCUT2D eigenvalue weighted by Crippen LogP contribution is -2.24. The van der Waals surface area contributed by atoms with Gasteiger partial charge < -0.3 is 9.15 Å². The van der Waals surface area contributed by atoms with E-state index in [9.17, 15) is 0 Å². The molecule has 11 rings (SSSR count). The van der Waals surface area contributed by atoms with Gasteiger partial charge in [0.05, 0.1) is 28.8 Å². The number of hydrogen-bond donors (Lipinski definition) is 0. The molecule has 2 aromatic heterocycles. The molecule has 1 saturated carbocycles. The molecule has 0 N–H and O–H groups in total. The number of nitrogens with zero attached hydrogens (tertiary/aromatic N) is 2. The number of rotatable bonds is 3. The summed E-state index contributed by atoms with van der Waals surface area (Å²) in [5, 5.41) is 5.79. The Kier molecular flexibility index (Phi) is 6.12. The van der Waals surface area contributed by atoms with Crippen LogP contribution in [0.4, 0.5) is 0 Å². The van der Waals surface area contributed by atoms with Crippen molar-refractivity contribution in [2.75, 3.05) is 0 Å². The fourth-order valence-corrected chi connectivity index (χ4v) is 9.14. The van der Waals surface area contributed by atoms with Crippen LogP contribution in [0.15, 0.2) is 126 Å². The number of ether oxygens (including phenoxy) is 1. The van der Waals surface area contributed by atoms with E-state index in [2.05, 4.69) is 121 Å². The molecule has 3 aliphatic rings. The molecular weight excluding hydrogens is 613 g/mol. The molecule has 0 amide bonds. The Morgan fingerprint density at radius 1 is 0.600 bits per heavy atom. The number of benzene rings is 6. The third-order valence-corrected chi connectivity index (χ3v) is 11.5. The highest BCUT2D eigenvalue weighted by Crippen LogP contribution is 2.55.